The maximum Gasteiger partial charge on any atom is 0.249 e. The highest BCUT2D eigenvalue weighted by Crippen LogP contribution is 2.19. The lowest BCUT2D eigenvalue weighted by Gasteiger charge is -2.11. The first-order chi connectivity index (χ1) is 13.2. The van der Waals surface area contributed by atoms with Crippen molar-refractivity contribution in [3.63, 3.8) is 0 Å². The van der Waals surface area contributed by atoms with Crippen LogP contribution in [0.25, 0.3) is 0 Å². The van der Waals surface area contributed by atoms with E-state index >= 15 is 0 Å². The molecule has 0 aliphatic heterocycles. The fraction of sp³-hybridized carbons (Fsp3) is 0.286. The molecule has 0 radical (unpaired) electrons. The van der Waals surface area contributed by atoms with Crippen molar-refractivity contribution in [2.75, 3.05) is 17.2 Å². The number of aryl methyl sites for hydroxylation is 1. The molecule has 2 aromatic carbocycles. The van der Waals surface area contributed by atoms with Crippen LogP contribution in [0.15, 0.2) is 60.8 Å². The molecule has 6 heteroatoms. The van der Waals surface area contributed by atoms with Crippen molar-refractivity contribution >= 4 is 17.5 Å². The minimum Gasteiger partial charge on any atom is -0.491 e. The topological polar surface area (TPSA) is 72.0 Å². The molecular formula is C21H25N5O. The minimum absolute atomic E-state index is 0.154. The Morgan fingerprint density at radius 1 is 1.00 bits per heavy atom. The second kappa shape index (κ2) is 9.52. The third-order valence-electron chi connectivity index (χ3n) is 3.83. The largest absolute Gasteiger partial charge is 0.491 e. The number of benzene rings is 2. The van der Waals surface area contributed by atoms with Crippen LogP contribution in [0.1, 0.15) is 25.8 Å². The lowest BCUT2D eigenvalue weighted by Crippen LogP contribution is -2.08. The molecule has 140 valence electrons. The SMILES string of the molecule is CC(C)Oc1ccc(Nc2nncc(NCCCc3ccccc3)n2)cc1. The summed E-state index contributed by atoms with van der Waals surface area (Å²) in [5.41, 5.74) is 2.22. The zero-order valence-electron chi connectivity index (χ0n) is 15.7. The van der Waals surface area contributed by atoms with Gasteiger partial charge in [0.1, 0.15) is 5.75 Å². The number of hydrogen-bond acceptors (Lipinski definition) is 6. The fourth-order valence-electron chi connectivity index (χ4n) is 2.61. The second-order valence-corrected chi connectivity index (χ2v) is 6.50. The van der Waals surface area contributed by atoms with Crippen LogP contribution in [-0.4, -0.2) is 27.8 Å². The molecule has 0 spiro atoms. The Hall–Kier alpha value is -3.15. The van der Waals surface area contributed by atoms with Gasteiger partial charge in [0.2, 0.25) is 5.95 Å². The molecule has 0 saturated heterocycles. The first kappa shape index (κ1) is 18.6. The van der Waals surface area contributed by atoms with E-state index in [1.54, 1.807) is 6.20 Å². The highest BCUT2D eigenvalue weighted by Gasteiger charge is 2.03. The molecule has 0 aliphatic rings. The van der Waals surface area contributed by atoms with E-state index in [9.17, 15) is 0 Å². The van der Waals surface area contributed by atoms with Gasteiger partial charge in [-0.2, -0.15) is 10.1 Å². The average Bonchev–Trinajstić information content (AvgIpc) is 2.68. The number of nitrogens with one attached hydrogen (secondary N) is 2. The number of ether oxygens (including phenoxy) is 1. The summed E-state index contributed by atoms with van der Waals surface area (Å²) >= 11 is 0. The van der Waals surface area contributed by atoms with Crippen LogP contribution in [0.5, 0.6) is 5.75 Å². The monoisotopic (exact) mass is 363 g/mol. The molecule has 6 nitrogen and oxygen atoms in total. The van der Waals surface area contributed by atoms with Crippen LogP contribution in [0.4, 0.5) is 17.5 Å². The molecule has 3 aromatic rings. The van der Waals surface area contributed by atoms with Gasteiger partial charge in [0.15, 0.2) is 5.82 Å². The summed E-state index contributed by atoms with van der Waals surface area (Å²) in [6.45, 7) is 4.84. The number of anilines is 3. The van der Waals surface area contributed by atoms with Crippen molar-refractivity contribution in [3.05, 3.63) is 66.4 Å². The molecule has 0 unspecified atom stereocenters. The summed E-state index contributed by atoms with van der Waals surface area (Å²) in [6.07, 6.45) is 3.84. The smallest absolute Gasteiger partial charge is 0.249 e. The summed E-state index contributed by atoms with van der Waals surface area (Å²) < 4.78 is 5.64. The quantitative estimate of drug-likeness (QED) is 0.547. The third-order valence-corrected chi connectivity index (χ3v) is 3.83. The first-order valence-corrected chi connectivity index (χ1v) is 9.20. The Labute approximate surface area is 160 Å². The van der Waals surface area contributed by atoms with Gasteiger partial charge in [0.05, 0.1) is 12.3 Å². The summed E-state index contributed by atoms with van der Waals surface area (Å²) in [5.74, 6) is 2.00. The van der Waals surface area contributed by atoms with E-state index in [2.05, 4.69) is 50.1 Å². The van der Waals surface area contributed by atoms with E-state index in [4.69, 9.17) is 4.74 Å². The Morgan fingerprint density at radius 2 is 1.78 bits per heavy atom. The Morgan fingerprint density at radius 3 is 2.52 bits per heavy atom. The van der Waals surface area contributed by atoms with E-state index in [0.29, 0.717) is 11.8 Å². The second-order valence-electron chi connectivity index (χ2n) is 6.50. The summed E-state index contributed by atoms with van der Waals surface area (Å²) in [7, 11) is 0. The van der Waals surface area contributed by atoms with E-state index in [1.165, 1.54) is 5.56 Å². The molecule has 0 bridgehead atoms. The molecule has 0 aliphatic carbocycles. The van der Waals surface area contributed by atoms with Crippen LogP contribution < -0.4 is 15.4 Å². The molecule has 0 saturated carbocycles. The van der Waals surface area contributed by atoms with Gasteiger partial charge < -0.3 is 15.4 Å². The van der Waals surface area contributed by atoms with Gasteiger partial charge in [0.25, 0.3) is 0 Å². The van der Waals surface area contributed by atoms with Crippen molar-refractivity contribution < 1.29 is 4.74 Å². The lowest BCUT2D eigenvalue weighted by atomic mass is 10.1. The number of rotatable bonds is 9. The van der Waals surface area contributed by atoms with Crippen molar-refractivity contribution in [1.82, 2.24) is 15.2 Å². The average molecular weight is 363 g/mol. The standard InChI is InChI=1S/C21H25N5O/c1-16(2)27-19-12-10-18(11-13-19)24-21-25-20(15-23-26-21)22-14-6-9-17-7-4-3-5-8-17/h3-5,7-8,10-13,15-16H,6,9,14H2,1-2H3,(H2,22,24,25,26). The third kappa shape index (κ3) is 6.26. The van der Waals surface area contributed by atoms with Crippen LogP contribution in [-0.2, 0) is 6.42 Å². The molecule has 0 atom stereocenters. The van der Waals surface area contributed by atoms with E-state index < -0.39 is 0 Å². The van der Waals surface area contributed by atoms with Gasteiger partial charge >= 0.3 is 0 Å². The van der Waals surface area contributed by atoms with Gasteiger partial charge in [-0.3, -0.25) is 0 Å². The Balaban J connectivity index is 1.49. The van der Waals surface area contributed by atoms with E-state index in [0.717, 1.165) is 30.8 Å². The maximum atomic E-state index is 5.64. The van der Waals surface area contributed by atoms with E-state index in [1.807, 2.05) is 44.2 Å². The van der Waals surface area contributed by atoms with Crippen LogP contribution in [0.2, 0.25) is 0 Å². The minimum atomic E-state index is 0.154. The Kier molecular flexibility index (Phi) is 6.57. The molecule has 3 rings (SSSR count). The molecular weight excluding hydrogens is 338 g/mol. The Bertz CT molecular complexity index is 821. The predicted molar refractivity (Wildman–Crippen MR) is 109 cm³/mol. The van der Waals surface area contributed by atoms with Crippen molar-refractivity contribution in [1.29, 1.82) is 0 Å². The maximum absolute atomic E-state index is 5.64. The molecule has 1 aromatic heterocycles. The number of hydrogen-bond donors (Lipinski definition) is 2. The van der Waals surface area contributed by atoms with Crippen molar-refractivity contribution in [2.24, 2.45) is 0 Å². The molecule has 0 amide bonds. The van der Waals surface area contributed by atoms with Gasteiger partial charge in [-0.1, -0.05) is 30.3 Å². The summed E-state index contributed by atoms with van der Waals surface area (Å²) in [4.78, 5) is 4.46. The van der Waals surface area contributed by atoms with Crippen LogP contribution >= 0.6 is 0 Å². The highest BCUT2D eigenvalue weighted by atomic mass is 16.5. The zero-order chi connectivity index (χ0) is 18.9. The van der Waals surface area contributed by atoms with Crippen LogP contribution in [0, 0.1) is 0 Å². The molecule has 27 heavy (non-hydrogen) atoms. The molecule has 1 heterocycles. The van der Waals surface area contributed by atoms with Crippen molar-refractivity contribution in [3.8, 4) is 5.75 Å². The number of aromatic nitrogens is 3. The fourth-order valence-corrected chi connectivity index (χ4v) is 2.61. The summed E-state index contributed by atoms with van der Waals surface area (Å²) in [6, 6.07) is 18.2. The normalized spacial score (nSPS) is 10.6. The zero-order valence-corrected chi connectivity index (χ0v) is 15.7. The predicted octanol–water partition coefficient (Wildman–Crippen LogP) is 4.45. The van der Waals surface area contributed by atoms with Gasteiger partial charge in [-0.15, -0.1) is 5.10 Å². The lowest BCUT2D eigenvalue weighted by molar-refractivity contribution is 0.242. The first-order valence-electron chi connectivity index (χ1n) is 9.20. The highest BCUT2D eigenvalue weighted by molar-refractivity contribution is 5.55. The van der Waals surface area contributed by atoms with Crippen molar-refractivity contribution in [2.45, 2.75) is 32.8 Å². The van der Waals surface area contributed by atoms with Gasteiger partial charge in [0, 0.05) is 12.2 Å². The van der Waals surface area contributed by atoms with E-state index in [-0.39, 0.29) is 6.10 Å². The summed E-state index contributed by atoms with van der Waals surface area (Å²) in [5, 5.41) is 14.5. The molecule has 2 N–H and O–H groups in total. The molecule has 0 fully saturated rings. The van der Waals surface area contributed by atoms with Crippen LogP contribution in [0.3, 0.4) is 0 Å². The van der Waals surface area contributed by atoms with Gasteiger partial charge in [-0.25, -0.2) is 0 Å². The number of nitrogens with zero attached hydrogens (tertiary/aromatic N) is 3. The van der Waals surface area contributed by atoms with Gasteiger partial charge in [-0.05, 0) is 56.5 Å².